The highest BCUT2D eigenvalue weighted by atomic mass is 19.1. The molecular formula is C20H26FN3O. The third-order valence-corrected chi connectivity index (χ3v) is 7.06. The monoisotopic (exact) mass is 343 g/mol. The van der Waals surface area contributed by atoms with Gasteiger partial charge in [0.1, 0.15) is 11.4 Å². The van der Waals surface area contributed by atoms with Crippen LogP contribution in [0.1, 0.15) is 37.3 Å². The second kappa shape index (κ2) is 5.78. The Morgan fingerprint density at radius 2 is 2.00 bits per heavy atom. The maximum atomic E-state index is 13.9. The van der Waals surface area contributed by atoms with Crippen molar-refractivity contribution >= 4 is 5.91 Å². The molecule has 3 atom stereocenters. The van der Waals surface area contributed by atoms with Crippen LogP contribution in [0.25, 0.3) is 0 Å². The Labute approximate surface area is 148 Å². The highest BCUT2D eigenvalue weighted by Gasteiger charge is 2.56. The summed E-state index contributed by atoms with van der Waals surface area (Å²) < 4.78 is 13.9. The molecule has 0 bridgehead atoms. The van der Waals surface area contributed by atoms with Crippen molar-refractivity contribution in [1.29, 1.82) is 0 Å². The first-order chi connectivity index (χ1) is 12.2. The highest BCUT2D eigenvalue weighted by molar-refractivity contribution is 5.88. The lowest BCUT2D eigenvalue weighted by molar-refractivity contribution is -0.143. The third kappa shape index (κ3) is 2.28. The second-order valence-corrected chi connectivity index (χ2v) is 8.27. The van der Waals surface area contributed by atoms with Crippen LogP contribution >= 0.6 is 0 Å². The number of halogens is 1. The van der Waals surface area contributed by atoms with Crippen LogP contribution in [0.4, 0.5) is 4.39 Å². The molecule has 5 heteroatoms. The fraction of sp³-hybridized carbons (Fsp3) is 0.650. The Morgan fingerprint density at radius 3 is 2.76 bits per heavy atom. The number of hydrogen-bond donors (Lipinski definition) is 1. The van der Waals surface area contributed by atoms with E-state index in [0.717, 1.165) is 64.0 Å². The normalized spacial score (nSPS) is 33.6. The van der Waals surface area contributed by atoms with Gasteiger partial charge in [-0.05, 0) is 62.4 Å². The Hall–Kier alpha value is -1.46. The van der Waals surface area contributed by atoms with Crippen molar-refractivity contribution in [2.45, 2.75) is 37.3 Å². The molecule has 4 aliphatic rings. The van der Waals surface area contributed by atoms with Gasteiger partial charge in [-0.1, -0.05) is 12.1 Å². The average Bonchev–Trinajstić information content (AvgIpc) is 3.33. The summed E-state index contributed by atoms with van der Waals surface area (Å²) >= 11 is 0. The van der Waals surface area contributed by atoms with E-state index in [-0.39, 0.29) is 17.4 Å². The number of hydrogen-bond acceptors (Lipinski definition) is 3. The quantitative estimate of drug-likeness (QED) is 0.894. The zero-order valence-electron chi connectivity index (χ0n) is 14.6. The fourth-order valence-corrected chi connectivity index (χ4v) is 5.97. The molecule has 1 aromatic rings. The first-order valence-electron chi connectivity index (χ1n) is 9.71. The van der Waals surface area contributed by atoms with Gasteiger partial charge in [-0.2, -0.15) is 0 Å². The number of likely N-dealkylation sites (tertiary alicyclic amines) is 1. The van der Waals surface area contributed by atoms with E-state index in [0.29, 0.717) is 17.7 Å². The van der Waals surface area contributed by atoms with Crippen molar-refractivity contribution in [1.82, 2.24) is 15.1 Å². The molecule has 1 amide bonds. The molecule has 0 aromatic heterocycles. The molecule has 0 radical (unpaired) electrons. The number of amides is 1. The van der Waals surface area contributed by atoms with E-state index in [1.54, 1.807) is 12.1 Å². The maximum absolute atomic E-state index is 13.9. The minimum atomic E-state index is -0.266. The van der Waals surface area contributed by atoms with E-state index in [4.69, 9.17) is 0 Å². The topological polar surface area (TPSA) is 35.6 Å². The van der Waals surface area contributed by atoms with E-state index in [1.165, 1.54) is 6.07 Å². The van der Waals surface area contributed by atoms with Crippen molar-refractivity contribution < 1.29 is 9.18 Å². The Bertz CT molecular complexity index is 683. The highest BCUT2D eigenvalue weighted by Crippen LogP contribution is 2.47. The number of benzene rings is 1. The Morgan fingerprint density at radius 1 is 1.20 bits per heavy atom. The molecule has 0 saturated carbocycles. The van der Waals surface area contributed by atoms with Crippen molar-refractivity contribution in [2.75, 3.05) is 32.7 Å². The molecule has 4 aliphatic heterocycles. The minimum Gasteiger partial charge on any atom is -0.333 e. The number of carbonyl (C=O) groups is 1. The van der Waals surface area contributed by atoms with Crippen molar-refractivity contribution in [3.8, 4) is 0 Å². The van der Waals surface area contributed by atoms with Gasteiger partial charge in [-0.3, -0.25) is 9.69 Å². The van der Waals surface area contributed by atoms with Gasteiger partial charge < -0.3 is 10.2 Å². The fourth-order valence-electron chi connectivity index (χ4n) is 5.97. The van der Waals surface area contributed by atoms with Crippen LogP contribution in [-0.4, -0.2) is 54.0 Å². The van der Waals surface area contributed by atoms with Crippen LogP contribution in [0.3, 0.4) is 0 Å². The summed E-state index contributed by atoms with van der Waals surface area (Å²) in [5.41, 5.74) is 0.695. The molecule has 0 aliphatic carbocycles. The van der Waals surface area contributed by atoms with Gasteiger partial charge in [-0.15, -0.1) is 0 Å². The van der Waals surface area contributed by atoms with Gasteiger partial charge in [0.2, 0.25) is 5.91 Å². The number of fused-ring (bicyclic) bond motifs is 2. The van der Waals surface area contributed by atoms with E-state index < -0.39 is 0 Å². The van der Waals surface area contributed by atoms with E-state index in [1.807, 2.05) is 6.07 Å². The predicted molar refractivity (Wildman–Crippen MR) is 93.5 cm³/mol. The second-order valence-electron chi connectivity index (χ2n) is 8.27. The lowest BCUT2D eigenvalue weighted by Gasteiger charge is -2.38. The van der Waals surface area contributed by atoms with Crippen molar-refractivity contribution in [3.63, 3.8) is 0 Å². The lowest BCUT2D eigenvalue weighted by atomic mass is 9.88. The van der Waals surface area contributed by atoms with Gasteiger partial charge >= 0.3 is 0 Å². The predicted octanol–water partition coefficient (Wildman–Crippen LogP) is 2.17. The molecule has 4 heterocycles. The van der Waals surface area contributed by atoms with Crippen molar-refractivity contribution in [3.05, 3.63) is 35.6 Å². The van der Waals surface area contributed by atoms with Gasteiger partial charge in [0.25, 0.3) is 0 Å². The Balaban J connectivity index is 1.52. The average molecular weight is 343 g/mol. The molecule has 1 N–H and O–H groups in total. The molecule has 4 saturated heterocycles. The first-order valence-corrected chi connectivity index (χ1v) is 9.71. The zero-order chi connectivity index (χ0) is 17.0. The molecule has 0 unspecified atom stereocenters. The van der Waals surface area contributed by atoms with E-state index in [2.05, 4.69) is 15.1 Å². The lowest BCUT2D eigenvalue weighted by Crippen LogP contribution is -2.53. The van der Waals surface area contributed by atoms with Gasteiger partial charge in [0.05, 0.1) is 6.04 Å². The summed E-state index contributed by atoms with van der Waals surface area (Å²) in [6, 6.07) is 6.90. The number of carbonyl (C=O) groups excluding carboxylic acids is 1. The summed E-state index contributed by atoms with van der Waals surface area (Å²) in [5, 5.41) is 3.47. The summed E-state index contributed by atoms with van der Waals surface area (Å²) in [4.78, 5) is 18.3. The van der Waals surface area contributed by atoms with Crippen LogP contribution < -0.4 is 5.32 Å². The van der Waals surface area contributed by atoms with Gasteiger partial charge in [0.15, 0.2) is 0 Å². The number of nitrogens with zero attached hydrogens (tertiary/aromatic N) is 2. The van der Waals surface area contributed by atoms with Gasteiger partial charge in [-0.25, -0.2) is 4.39 Å². The maximum Gasteiger partial charge on any atom is 0.243 e. The van der Waals surface area contributed by atoms with E-state index in [9.17, 15) is 9.18 Å². The molecule has 25 heavy (non-hydrogen) atoms. The van der Waals surface area contributed by atoms with E-state index >= 15 is 0 Å². The van der Waals surface area contributed by atoms with Crippen molar-refractivity contribution in [2.24, 2.45) is 11.8 Å². The minimum absolute atomic E-state index is 0.0145. The molecular weight excluding hydrogens is 317 g/mol. The number of nitrogens with one attached hydrogen (secondary N) is 1. The van der Waals surface area contributed by atoms with Crippen LogP contribution in [0, 0.1) is 17.7 Å². The van der Waals surface area contributed by atoms with Crippen LogP contribution in [0.2, 0.25) is 0 Å². The smallest absolute Gasteiger partial charge is 0.243 e. The molecule has 4 fully saturated rings. The number of rotatable bonds is 2. The standard InChI is InChI=1S/C20H26FN3O/c21-16-5-1-4-14(10-16)18-17-12-22-11-15(17)13-24(18)19(25)20-6-2-8-23(20)9-3-7-20/h1,4-5,10,15,17-18,22H,2-3,6-9,11-13H2/t15-,17-,18-/m0/s1. The zero-order valence-corrected chi connectivity index (χ0v) is 14.6. The summed E-state index contributed by atoms with van der Waals surface area (Å²) in [5.74, 6) is 0.996. The SMILES string of the molecule is O=C(N1C[C@@H]2CNC[C@@H]2[C@@H]1c1cccc(F)c1)C12CCCN1CCC2. The molecule has 134 valence electrons. The summed E-state index contributed by atoms with van der Waals surface area (Å²) in [6.45, 7) is 4.81. The Kier molecular flexibility index (Phi) is 3.64. The molecule has 5 rings (SSSR count). The summed E-state index contributed by atoms with van der Waals surface area (Å²) in [6.07, 6.45) is 4.23. The van der Waals surface area contributed by atoms with Gasteiger partial charge in [0, 0.05) is 25.6 Å². The summed E-state index contributed by atoms with van der Waals surface area (Å²) in [7, 11) is 0. The van der Waals surface area contributed by atoms with Crippen LogP contribution in [0.15, 0.2) is 24.3 Å². The molecule has 1 aromatic carbocycles. The van der Waals surface area contributed by atoms with Crippen LogP contribution in [-0.2, 0) is 4.79 Å². The molecule has 4 nitrogen and oxygen atoms in total. The first kappa shape index (κ1) is 15.8. The van der Waals surface area contributed by atoms with Crippen LogP contribution in [0.5, 0.6) is 0 Å². The molecule has 0 spiro atoms. The largest absolute Gasteiger partial charge is 0.333 e. The third-order valence-electron chi connectivity index (χ3n) is 7.06.